The number of hydrogen-bond donors (Lipinski definition) is 1. The lowest BCUT2D eigenvalue weighted by molar-refractivity contribution is -0.116. The van der Waals surface area contributed by atoms with Crippen molar-refractivity contribution in [3.8, 4) is 0 Å². The summed E-state index contributed by atoms with van der Waals surface area (Å²) in [4.78, 5) is 20.5. The van der Waals surface area contributed by atoms with Gasteiger partial charge in [-0.05, 0) is 6.42 Å². The van der Waals surface area contributed by atoms with Crippen molar-refractivity contribution in [3.05, 3.63) is 0 Å². The first-order valence-electron chi connectivity index (χ1n) is 2.71. The first-order valence-corrected chi connectivity index (χ1v) is 3.69. The molecule has 1 aliphatic heterocycles. The second-order valence-corrected chi connectivity index (χ2v) is 2.89. The average molecular weight is 145 g/mol. The van der Waals surface area contributed by atoms with E-state index in [0.29, 0.717) is 6.41 Å². The van der Waals surface area contributed by atoms with Gasteiger partial charge in [0.05, 0.1) is 6.04 Å². The van der Waals surface area contributed by atoms with Crippen LogP contribution in [0.2, 0.25) is 0 Å². The van der Waals surface area contributed by atoms with Crippen molar-refractivity contribution in [1.82, 2.24) is 5.32 Å². The minimum Gasteiger partial charge on any atom is -0.348 e. The van der Waals surface area contributed by atoms with Crippen LogP contribution in [0, 0.1) is 0 Å². The number of carbonyl (C=O) groups is 2. The van der Waals surface area contributed by atoms with E-state index in [1.165, 1.54) is 11.8 Å². The molecule has 1 atom stereocenters. The van der Waals surface area contributed by atoms with E-state index in [0.717, 1.165) is 12.2 Å². The molecule has 1 amide bonds. The molecule has 0 bridgehead atoms. The van der Waals surface area contributed by atoms with Gasteiger partial charge in [0.1, 0.15) is 0 Å². The fourth-order valence-corrected chi connectivity index (χ4v) is 1.67. The number of amides is 1. The number of rotatable bonds is 2. The second kappa shape index (κ2) is 2.87. The van der Waals surface area contributed by atoms with Crippen LogP contribution in [-0.2, 0) is 9.59 Å². The van der Waals surface area contributed by atoms with Gasteiger partial charge < -0.3 is 5.32 Å². The molecule has 0 saturated carbocycles. The van der Waals surface area contributed by atoms with Crippen LogP contribution < -0.4 is 5.32 Å². The zero-order valence-electron chi connectivity index (χ0n) is 4.79. The molecule has 1 rings (SSSR count). The van der Waals surface area contributed by atoms with Gasteiger partial charge in [0.15, 0.2) is 0 Å². The largest absolute Gasteiger partial charge is 0.348 e. The van der Waals surface area contributed by atoms with Gasteiger partial charge in [-0.2, -0.15) is 0 Å². The highest BCUT2D eigenvalue weighted by Gasteiger charge is 2.23. The Morgan fingerprint density at radius 3 is 3.00 bits per heavy atom. The molecule has 1 fully saturated rings. The molecule has 9 heavy (non-hydrogen) atoms. The van der Waals surface area contributed by atoms with Crippen molar-refractivity contribution in [2.75, 3.05) is 5.75 Å². The number of thioether (sulfide) groups is 1. The van der Waals surface area contributed by atoms with E-state index in [4.69, 9.17) is 0 Å². The van der Waals surface area contributed by atoms with Gasteiger partial charge in [0.25, 0.3) is 0 Å². The highest BCUT2D eigenvalue weighted by molar-refractivity contribution is 8.14. The fraction of sp³-hybridized carbons (Fsp3) is 0.600. The Labute approximate surface area is 57.2 Å². The summed E-state index contributed by atoms with van der Waals surface area (Å²) < 4.78 is 0. The summed E-state index contributed by atoms with van der Waals surface area (Å²) in [7, 11) is 0. The SMILES string of the molecule is O=CN[C@@H]1CCSC1=O. The number of nitrogens with one attached hydrogen (secondary N) is 1. The Morgan fingerprint density at radius 2 is 2.56 bits per heavy atom. The molecule has 0 aromatic carbocycles. The molecule has 1 N–H and O–H groups in total. The minimum absolute atomic E-state index is 0.0853. The normalized spacial score (nSPS) is 26.2. The Balaban J connectivity index is 2.39. The van der Waals surface area contributed by atoms with E-state index in [9.17, 15) is 9.59 Å². The third-order valence-corrected chi connectivity index (χ3v) is 2.21. The van der Waals surface area contributed by atoms with Crippen LogP contribution in [-0.4, -0.2) is 23.3 Å². The monoisotopic (exact) mass is 145 g/mol. The third kappa shape index (κ3) is 1.45. The van der Waals surface area contributed by atoms with Crippen LogP contribution >= 0.6 is 11.8 Å². The number of carbonyl (C=O) groups excluding carboxylic acids is 2. The van der Waals surface area contributed by atoms with Gasteiger partial charge in [-0.3, -0.25) is 9.59 Å². The van der Waals surface area contributed by atoms with Gasteiger partial charge in [-0.1, -0.05) is 11.8 Å². The summed E-state index contributed by atoms with van der Waals surface area (Å²) in [5, 5.41) is 2.53. The molecule has 0 unspecified atom stereocenters. The molecule has 1 saturated heterocycles. The van der Waals surface area contributed by atoms with Crippen molar-refractivity contribution in [2.24, 2.45) is 0 Å². The summed E-state index contributed by atoms with van der Waals surface area (Å²) in [6, 6.07) is -0.215. The lowest BCUT2D eigenvalue weighted by atomic mass is 10.3. The van der Waals surface area contributed by atoms with Crippen LogP contribution in [0.25, 0.3) is 0 Å². The van der Waals surface area contributed by atoms with E-state index in [1.54, 1.807) is 0 Å². The van der Waals surface area contributed by atoms with Gasteiger partial charge in [0, 0.05) is 5.75 Å². The van der Waals surface area contributed by atoms with Crippen molar-refractivity contribution in [2.45, 2.75) is 12.5 Å². The average Bonchev–Trinajstić information content (AvgIpc) is 2.18. The standard InChI is InChI=1S/C5H7NO2S/c7-3-6-4-1-2-9-5(4)8/h3-4H,1-2H2,(H,6,7)/t4-/m1/s1. The molecule has 3 nitrogen and oxygen atoms in total. The molecular formula is C5H7NO2S. The van der Waals surface area contributed by atoms with Crippen LogP contribution in [0.1, 0.15) is 6.42 Å². The van der Waals surface area contributed by atoms with E-state index in [1.807, 2.05) is 0 Å². The highest BCUT2D eigenvalue weighted by atomic mass is 32.2. The lowest BCUT2D eigenvalue weighted by Gasteiger charge is -2.01. The molecule has 4 heteroatoms. The Bertz CT molecular complexity index is 137. The van der Waals surface area contributed by atoms with Crippen LogP contribution in [0.5, 0.6) is 0 Å². The van der Waals surface area contributed by atoms with Gasteiger partial charge in [-0.25, -0.2) is 0 Å². The quantitative estimate of drug-likeness (QED) is 0.546. The zero-order chi connectivity index (χ0) is 6.69. The molecule has 0 aromatic rings. The van der Waals surface area contributed by atoms with Crippen LogP contribution in [0.15, 0.2) is 0 Å². The predicted molar refractivity (Wildman–Crippen MR) is 35.1 cm³/mol. The lowest BCUT2D eigenvalue weighted by Crippen LogP contribution is -2.30. The summed E-state index contributed by atoms with van der Waals surface area (Å²) >= 11 is 1.28. The second-order valence-electron chi connectivity index (χ2n) is 1.79. The summed E-state index contributed by atoms with van der Waals surface area (Å²) in [6.45, 7) is 0. The van der Waals surface area contributed by atoms with Crippen molar-refractivity contribution in [3.63, 3.8) is 0 Å². The molecule has 50 valence electrons. The Kier molecular flexibility index (Phi) is 2.10. The van der Waals surface area contributed by atoms with Crippen LogP contribution in [0.4, 0.5) is 0 Å². The van der Waals surface area contributed by atoms with E-state index < -0.39 is 0 Å². The van der Waals surface area contributed by atoms with Crippen molar-refractivity contribution in [1.29, 1.82) is 0 Å². The van der Waals surface area contributed by atoms with Gasteiger partial charge in [-0.15, -0.1) is 0 Å². The Hall–Kier alpha value is -0.510. The molecule has 0 radical (unpaired) electrons. The first-order chi connectivity index (χ1) is 4.34. The van der Waals surface area contributed by atoms with Crippen molar-refractivity contribution < 1.29 is 9.59 Å². The topological polar surface area (TPSA) is 46.2 Å². The maximum Gasteiger partial charge on any atom is 0.211 e. The molecule has 1 heterocycles. The predicted octanol–water partition coefficient (Wildman–Crippen LogP) is -0.236. The summed E-state index contributed by atoms with van der Waals surface area (Å²) in [5.74, 6) is 0.838. The zero-order valence-corrected chi connectivity index (χ0v) is 5.61. The smallest absolute Gasteiger partial charge is 0.211 e. The molecule has 0 aromatic heterocycles. The van der Waals surface area contributed by atoms with E-state index in [2.05, 4.69) is 5.32 Å². The van der Waals surface area contributed by atoms with E-state index in [-0.39, 0.29) is 11.2 Å². The highest BCUT2D eigenvalue weighted by Crippen LogP contribution is 2.18. The Morgan fingerprint density at radius 1 is 1.78 bits per heavy atom. The minimum atomic E-state index is -0.215. The fourth-order valence-electron chi connectivity index (χ4n) is 0.729. The molecular weight excluding hydrogens is 138 g/mol. The summed E-state index contributed by atoms with van der Waals surface area (Å²) in [6.07, 6.45) is 1.36. The molecule has 0 spiro atoms. The van der Waals surface area contributed by atoms with Gasteiger partial charge >= 0.3 is 0 Å². The molecule has 1 aliphatic rings. The van der Waals surface area contributed by atoms with Crippen LogP contribution in [0.3, 0.4) is 0 Å². The maximum absolute atomic E-state index is 10.7. The third-order valence-electron chi connectivity index (χ3n) is 1.20. The summed E-state index contributed by atoms with van der Waals surface area (Å²) in [5.41, 5.74) is 0. The van der Waals surface area contributed by atoms with E-state index >= 15 is 0 Å². The number of hydrogen-bond acceptors (Lipinski definition) is 3. The van der Waals surface area contributed by atoms with Crippen molar-refractivity contribution >= 4 is 23.3 Å². The molecule has 0 aliphatic carbocycles. The van der Waals surface area contributed by atoms with Gasteiger partial charge in [0.2, 0.25) is 11.5 Å². The maximum atomic E-state index is 10.7. The first kappa shape index (κ1) is 6.61.